The van der Waals surface area contributed by atoms with E-state index in [1.54, 1.807) is 17.6 Å². The van der Waals surface area contributed by atoms with Crippen molar-refractivity contribution < 1.29 is 4.74 Å². The van der Waals surface area contributed by atoms with Gasteiger partial charge in [-0.1, -0.05) is 35.6 Å². The van der Waals surface area contributed by atoms with Crippen LogP contribution in [-0.2, 0) is 4.74 Å². The van der Waals surface area contributed by atoms with Crippen molar-refractivity contribution in [2.75, 3.05) is 36.6 Å². The minimum Gasteiger partial charge on any atom is -0.378 e. The predicted molar refractivity (Wildman–Crippen MR) is 129 cm³/mol. The fourth-order valence-electron chi connectivity index (χ4n) is 4.05. The summed E-state index contributed by atoms with van der Waals surface area (Å²) in [5.41, 5.74) is 7.61. The van der Waals surface area contributed by atoms with Gasteiger partial charge in [0.2, 0.25) is 5.13 Å². The van der Waals surface area contributed by atoms with Crippen molar-refractivity contribution in [1.29, 1.82) is 0 Å². The van der Waals surface area contributed by atoms with E-state index in [-0.39, 0.29) is 0 Å². The second kappa shape index (κ2) is 7.85. The highest BCUT2D eigenvalue weighted by molar-refractivity contribution is 7.22. The van der Waals surface area contributed by atoms with Crippen molar-refractivity contribution >= 4 is 55.3 Å². The zero-order chi connectivity index (χ0) is 21.5. The third-order valence-electron chi connectivity index (χ3n) is 5.62. The Morgan fingerprint density at radius 3 is 2.75 bits per heavy atom. The van der Waals surface area contributed by atoms with E-state index in [2.05, 4.69) is 38.6 Å². The molecule has 0 bridgehead atoms. The van der Waals surface area contributed by atoms with Crippen LogP contribution in [0, 0.1) is 6.92 Å². The monoisotopic (exact) mass is 443 g/mol. The molecule has 1 fully saturated rings. The Bertz CT molecular complexity index is 1430. The number of ether oxygens (including phenoxy) is 1. The first-order valence-electron chi connectivity index (χ1n) is 10.5. The summed E-state index contributed by atoms with van der Waals surface area (Å²) in [4.78, 5) is 11.9. The quantitative estimate of drug-likeness (QED) is 0.333. The van der Waals surface area contributed by atoms with Crippen molar-refractivity contribution in [1.82, 2.24) is 19.6 Å². The zero-order valence-corrected chi connectivity index (χ0v) is 18.3. The van der Waals surface area contributed by atoms with Crippen LogP contribution in [-0.4, -0.2) is 52.1 Å². The first kappa shape index (κ1) is 19.1. The number of para-hydroxylation sites is 2. The SMILES string of the molecule is Cc1nn2c(nc(N3CCOCC3)c3ccccc32)c1/C=N\Nc1nc2ccccc2s1. The van der Waals surface area contributed by atoms with Gasteiger partial charge in [-0.05, 0) is 31.2 Å². The third kappa shape index (κ3) is 3.26. The molecule has 160 valence electrons. The Labute approximate surface area is 188 Å². The fourth-order valence-corrected chi connectivity index (χ4v) is 4.87. The molecule has 1 aliphatic rings. The Morgan fingerprint density at radius 1 is 1.06 bits per heavy atom. The van der Waals surface area contributed by atoms with Crippen LogP contribution >= 0.6 is 11.3 Å². The number of nitrogens with zero attached hydrogens (tertiary/aromatic N) is 6. The minimum absolute atomic E-state index is 0.708. The lowest BCUT2D eigenvalue weighted by Gasteiger charge is -2.28. The summed E-state index contributed by atoms with van der Waals surface area (Å²) < 4.78 is 8.58. The predicted octanol–water partition coefficient (Wildman–Crippen LogP) is 4.08. The summed E-state index contributed by atoms with van der Waals surface area (Å²) in [6.45, 7) is 5.04. The smallest absolute Gasteiger partial charge is 0.204 e. The number of hydrazone groups is 1. The molecule has 1 aliphatic heterocycles. The van der Waals surface area contributed by atoms with Crippen molar-refractivity contribution in [2.45, 2.75) is 6.92 Å². The van der Waals surface area contributed by atoms with Gasteiger partial charge in [-0.3, -0.25) is 5.43 Å². The molecule has 0 amide bonds. The highest BCUT2D eigenvalue weighted by Gasteiger charge is 2.20. The van der Waals surface area contributed by atoms with Gasteiger partial charge in [-0.15, -0.1) is 0 Å². The van der Waals surface area contributed by atoms with E-state index >= 15 is 0 Å². The average Bonchev–Trinajstić information content (AvgIpc) is 3.39. The van der Waals surface area contributed by atoms with Crippen molar-refractivity contribution in [3.05, 3.63) is 59.8 Å². The van der Waals surface area contributed by atoms with Crippen LogP contribution in [0.15, 0.2) is 53.6 Å². The Balaban J connectivity index is 1.41. The van der Waals surface area contributed by atoms with Crippen molar-refractivity contribution in [2.24, 2.45) is 5.10 Å². The number of benzene rings is 2. The third-order valence-corrected chi connectivity index (χ3v) is 6.57. The van der Waals surface area contributed by atoms with E-state index in [9.17, 15) is 0 Å². The first-order valence-corrected chi connectivity index (χ1v) is 11.3. The number of aryl methyl sites for hydroxylation is 1. The van der Waals surface area contributed by atoms with E-state index in [4.69, 9.17) is 14.8 Å². The molecule has 32 heavy (non-hydrogen) atoms. The highest BCUT2D eigenvalue weighted by atomic mass is 32.1. The Kier molecular flexibility index (Phi) is 4.70. The molecule has 1 N–H and O–H groups in total. The van der Waals surface area contributed by atoms with Gasteiger partial charge in [0.15, 0.2) is 5.65 Å². The van der Waals surface area contributed by atoms with Crippen molar-refractivity contribution in [3.8, 4) is 0 Å². The average molecular weight is 444 g/mol. The van der Waals surface area contributed by atoms with E-state index in [1.165, 1.54) is 0 Å². The van der Waals surface area contributed by atoms with Gasteiger partial charge in [0.1, 0.15) is 5.82 Å². The topological polar surface area (TPSA) is 79.9 Å². The van der Waals surface area contributed by atoms with E-state index < -0.39 is 0 Å². The van der Waals surface area contributed by atoms with Gasteiger partial charge in [-0.25, -0.2) is 14.5 Å². The lowest BCUT2D eigenvalue weighted by atomic mass is 10.2. The number of nitrogens with one attached hydrogen (secondary N) is 1. The lowest BCUT2D eigenvalue weighted by molar-refractivity contribution is 0.122. The Hall–Kier alpha value is -3.56. The van der Waals surface area contributed by atoms with E-state index in [0.29, 0.717) is 13.2 Å². The summed E-state index contributed by atoms with van der Waals surface area (Å²) in [6, 6.07) is 16.3. The fraction of sp³-hybridized carbons (Fsp3) is 0.217. The van der Waals surface area contributed by atoms with Crippen LogP contribution in [0.25, 0.3) is 26.8 Å². The standard InChI is InChI=1S/C23H21N7OS/c1-15-17(14-24-27-23-25-18-7-3-5-9-20(18)32-23)22-26-21(29-10-12-31-13-11-29)16-6-2-4-8-19(16)30(22)28-15/h2-9,14H,10-13H2,1H3,(H,25,27)/b24-14-. The number of aromatic nitrogens is 4. The van der Waals surface area contributed by atoms with Gasteiger partial charge in [-0.2, -0.15) is 10.2 Å². The lowest BCUT2D eigenvalue weighted by Crippen LogP contribution is -2.37. The van der Waals surface area contributed by atoms with Crippen molar-refractivity contribution in [3.63, 3.8) is 0 Å². The molecule has 0 unspecified atom stereocenters. The molecule has 2 aromatic carbocycles. The van der Waals surface area contributed by atoms with Gasteiger partial charge < -0.3 is 9.64 Å². The molecule has 0 aliphatic carbocycles. The van der Waals surface area contributed by atoms with Crippen LogP contribution < -0.4 is 10.3 Å². The molecule has 1 saturated heterocycles. The van der Waals surface area contributed by atoms with Gasteiger partial charge in [0.25, 0.3) is 0 Å². The molecule has 3 aromatic heterocycles. The molecule has 8 nitrogen and oxygen atoms in total. The summed E-state index contributed by atoms with van der Waals surface area (Å²) >= 11 is 1.57. The summed E-state index contributed by atoms with van der Waals surface area (Å²) in [5, 5.41) is 11.1. The van der Waals surface area contributed by atoms with Gasteiger partial charge >= 0.3 is 0 Å². The molecular formula is C23H21N7OS. The maximum Gasteiger partial charge on any atom is 0.204 e. The van der Waals surface area contributed by atoms with Crippen LogP contribution in [0.2, 0.25) is 0 Å². The molecule has 0 radical (unpaired) electrons. The van der Waals surface area contributed by atoms with Crippen LogP contribution in [0.5, 0.6) is 0 Å². The molecule has 9 heteroatoms. The maximum absolute atomic E-state index is 5.54. The largest absolute Gasteiger partial charge is 0.378 e. The minimum atomic E-state index is 0.708. The second-order valence-corrected chi connectivity index (χ2v) is 8.67. The number of rotatable bonds is 4. The molecular weight excluding hydrogens is 422 g/mol. The van der Waals surface area contributed by atoms with E-state index in [0.717, 1.165) is 62.1 Å². The van der Waals surface area contributed by atoms with Gasteiger partial charge in [0.05, 0.1) is 46.4 Å². The molecule has 0 spiro atoms. The number of hydrogen-bond acceptors (Lipinski definition) is 8. The number of fused-ring (bicyclic) bond motifs is 4. The number of hydrogen-bond donors (Lipinski definition) is 1. The maximum atomic E-state index is 5.54. The molecule has 5 aromatic rings. The summed E-state index contributed by atoms with van der Waals surface area (Å²) in [6.07, 6.45) is 1.79. The number of thiazole rings is 1. The summed E-state index contributed by atoms with van der Waals surface area (Å²) in [5.74, 6) is 0.963. The molecule has 6 rings (SSSR count). The molecule has 0 saturated carbocycles. The summed E-state index contributed by atoms with van der Waals surface area (Å²) in [7, 11) is 0. The molecule has 4 heterocycles. The van der Waals surface area contributed by atoms with Crippen LogP contribution in [0.4, 0.5) is 10.9 Å². The number of anilines is 2. The van der Waals surface area contributed by atoms with Gasteiger partial charge in [0, 0.05) is 18.5 Å². The first-order chi connectivity index (χ1) is 15.8. The second-order valence-electron chi connectivity index (χ2n) is 7.64. The normalized spacial score (nSPS) is 14.8. The zero-order valence-electron chi connectivity index (χ0n) is 17.5. The number of morpholine rings is 1. The Morgan fingerprint density at radius 2 is 1.88 bits per heavy atom. The van der Waals surface area contributed by atoms with E-state index in [1.807, 2.05) is 41.8 Å². The highest BCUT2D eigenvalue weighted by Crippen LogP contribution is 2.29. The van der Waals surface area contributed by atoms with Crippen LogP contribution in [0.3, 0.4) is 0 Å². The molecule has 0 atom stereocenters. The van der Waals surface area contributed by atoms with Crippen LogP contribution in [0.1, 0.15) is 11.3 Å².